The Morgan fingerprint density at radius 3 is 2.57 bits per heavy atom. The van der Waals surface area contributed by atoms with Gasteiger partial charge in [0.1, 0.15) is 6.54 Å². The highest BCUT2D eigenvalue weighted by molar-refractivity contribution is 6.30. The fourth-order valence-corrected chi connectivity index (χ4v) is 2.86. The predicted octanol–water partition coefficient (Wildman–Crippen LogP) is 3.18. The van der Waals surface area contributed by atoms with Gasteiger partial charge < -0.3 is 15.4 Å². The van der Waals surface area contributed by atoms with Gasteiger partial charge in [-0.25, -0.2) is 0 Å². The molecular formula is C20H18ClN3O4. The molecule has 8 heteroatoms. The zero-order chi connectivity index (χ0) is 20.1. The average molecular weight is 400 g/mol. The van der Waals surface area contributed by atoms with Gasteiger partial charge in [0.15, 0.2) is 0 Å². The molecule has 0 bridgehead atoms. The number of rotatable bonds is 5. The van der Waals surface area contributed by atoms with Gasteiger partial charge >= 0.3 is 5.97 Å². The van der Waals surface area contributed by atoms with E-state index in [1.54, 1.807) is 48.5 Å². The van der Waals surface area contributed by atoms with Crippen LogP contribution in [0.15, 0.2) is 60.3 Å². The van der Waals surface area contributed by atoms with Crippen LogP contribution in [0.1, 0.15) is 6.42 Å². The molecule has 2 aromatic carbocycles. The molecule has 7 nitrogen and oxygen atoms in total. The van der Waals surface area contributed by atoms with Crippen LogP contribution in [0.25, 0.3) is 0 Å². The first kappa shape index (κ1) is 19.4. The first-order valence-electron chi connectivity index (χ1n) is 8.46. The summed E-state index contributed by atoms with van der Waals surface area (Å²) in [5.41, 5.74) is 2.12. The molecule has 0 atom stereocenters. The first-order valence-corrected chi connectivity index (χ1v) is 8.84. The first-order chi connectivity index (χ1) is 13.5. The van der Waals surface area contributed by atoms with Gasteiger partial charge in [-0.05, 0) is 36.4 Å². The van der Waals surface area contributed by atoms with E-state index >= 15 is 0 Å². The van der Waals surface area contributed by atoms with Gasteiger partial charge in [0.05, 0.1) is 24.9 Å². The van der Waals surface area contributed by atoms with Crippen molar-refractivity contribution >= 4 is 46.4 Å². The minimum Gasteiger partial charge on any atom is -0.469 e. The SMILES string of the molecule is COC(=O)CC1=CC(=O)N(CC(=O)Nc2ccc(Cl)cc2)c2ccccc2N1. The maximum atomic E-state index is 12.7. The van der Waals surface area contributed by atoms with Crippen LogP contribution in [0.5, 0.6) is 0 Å². The van der Waals surface area contributed by atoms with E-state index in [9.17, 15) is 14.4 Å². The van der Waals surface area contributed by atoms with Gasteiger partial charge in [0.25, 0.3) is 5.91 Å². The summed E-state index contributed by atoms with van der Waals surface area (Å²) < 4.78 is 4.66. The van der Waals surface area contributed by atoms with Gasteiger partial charge in [0.2, 0.25) is 5.91 Å². The van der Waals surface area contributed by atoms with Crippen LogP contribution in [0.3, 0.4) is 0 Å². The Morgan fingerprint density at radius 2 is 1.86 bits per heavy atom. The number of fused-ring (bicyclic) bond motifs is 1. The molecule has 0 radical (unpaired) electrons. The molecule has 2 amide bonds. The summed E-state index contributed by atoms with van der Waals surface area (Å²) in [5, 5.41) is 6.36. The van der Waals surface area contributed by atoms with Gasteiger partial charge in [0, 0.05) is 22.5 Å². The van der Waals surface area contributed by atoms with Crippen molar-refractivity contribution in [1.29, 1.82) is 0 Å². The van der Waals surface area contributed by atoms with E-state index < -0.39 is 11.9 Å². The van der Waals surface area contributed by atoms with Crippen LogP contribution in [0.4, 0.5) is 17.1 Å². The molecule has 144 valence electrons. The highest BCUT2D eigenvalue weighted by Gasteiger charge is 2.25. The normalized spacial score (nSPS) is 13.0. The Hall–Kier alpha value is -3.32. The summed E-state index contributed by atoms with van der Waals surface area (Å²) >= 11 is 5.85. The fraction of sp³-hybridized carbons (Fsp3) is 0.150. The number of halogens is 1. The molecule has 0 unspecified atom stereocenters. The van der Waals surface area contributed by atoms with E-state index in [0.717, 1.165) is 0 Å². The van der Waals surface area contributed by atoms with Gasteiger partial charge in [-0.3, -0.25) is 19.3 Å². The second-order valence-electron chi connectivity index (χ2n) is 6.04. The predicted molar refractivity (Wildman–Crippen MR) is 107 cm³/mol. The number of carbonyl (C=O) groups excluding carboxylic acids is 3. The van der Waals surface area contributed by atoms with E-state index in [4.69, 9.17) is 11.6 Å². The number of benzene rings is 2. The number of hydrogen-bond donors (Lipinski definition) is 2. The lowest BCUT2D eigenvalue weighted by Crippen LogP contribution is -2.37. The van der Waals surface area contributed by atoms with Crippen LogP contribution in [-0.4, -0.2) is 31.4 Å². The van der Waals surface area contributed by atoms with E-state index in [0.29, 0.717) is 27.8 Å². The van der Waals surface area contributed by atoms with Crippen molar-refractivity contribution < 1.29 is 19.1 Å². The summed E-state index contributed by atoms with van der Waals surface area (Å²) in [6.07, 6.45) is 1.22. The van der Waals surface area contributed by atoms with Crippen LogP contribution >= 0.6 is 11.6 Å². The number of anilines is 3. The number of para-hydroxylation sites is 2. The average Bonchev–Trinajstić information content (AvgIpc) is 2.80. The zero-order valence-corrected chi connectivity index (χ0v) is 15.8. The van der Waals surface area contributed by atoms with E-state index in [2.05, 4.69) is 15.4 Å². The van der Waals surface area contributed by atoms with Crippen LogP contribution in [0, 0.1) is 0 Å². The molecule has 0 spiro atoms. The Bertz CT molecular complexity index is 941. The second-order valence-corrected chi connectivity index (χ2v) is 6.48. The lowest BCUT2D eigenvalue weighted by molar-refractivity contribution is -0.139. The molecule has 2 N–H and O–H groups in total. The Kier molecular flexibility index (Phi) is 5.96. The number of nitrogens with one attached hydrogen (secondary N) is 2. The molecule has 1 aliphatic heterocycles. The molecule has 0 saturated heterocycles. The number of hydrogen-bond acceptors (Lipinski definition) is 5. The number of nitrogens with zero attached hydrogens (tertiary/aromatic N) is 1. The van der Waals surface area contributed by atoms with E-state index in [1.165, 1.54) is 18.1 Å². The largest absolute Gasteiger partial charge is 0.469 e. The molecular weight excluding hydrogens is 382 g/mol. The number of amides is 2. The molecule has 0 fully saturated rings. The topological polar surface area (TPSA) is 87.7 Å². The van der Waals surface area contributed by atoms with Crippen LogP contribution in [-0.2, 0) is 19.1 Å². The van der Waals surface area contributed by atoms with Crippen molar-refractivity contribution in [3.8, 4) is 0 Å². The number of esters is 1. The van der Waals surface area contributed by atoms with Crippen molar-refractivity contribution in [2.45, 2.75) is 6.42 Å². The summed E-state index contributed by atoms with van der Waals surface area (Å²) in [5.74, 6) is -1.25. The van der Waals surface area contributed by atoms with Gasteiger partial charge in [-0.1, -0.05) is 23.7 Å². The van der Waals surface area contributed by atoms with Crippen molar-refractivity contribution in [2.75, 3.05) is 29.2 Å². The maximum Gasteiger partial charge on any atom is 0.311 e. The van der Waals surface area contributed by atoms with Crippen molar-refractivity contribution in [1.82, 2.24) is 0 Å². The van der Waals surface area contributed by atoms with E-state index in [1.807, 2.05) is 0 Å². The van der Waals surface area contributed by atoms with Crippen molar-refractivity contribution in [3.63, 3.8) is 0 Å². The quantitative estimate of drug-likeness (QED) is 0.754. The van der Waals surface area contributed by atoms with E-state index in [-0.39, 0.29) is 18.9 Å². The molecule has 0 aliphatic carbocycles. The zero-order valence-electron chi connectivity index (χ0n) is 15.1. The third-order valence-electron chi connectivity index (χ3n) is 4.05. The Labute approximate surface area is 166 Å². The summed E-state index contributed by atoms with van der Waals surface area (Å²) in [4.78, 5) is 38.2. The molecule has 0 saturated carbocycles. The molecule has 2 aromatic rings. The standard InChI is InChI=1S/C20H18ClN3O4/c1-28-20(27)11-15-10-19(26)24(17-5-3-2-4-16(17)22-15)12-18(25)23-14-8-6-13(21)7-9-14/h2-10,22H,11-12H2,1H3,(H,23,25). The minimum atomic E-state index is -0.474. The smallest absolute Gasteiger partial charge is 0.311 e. The Morgan fingerprint density at radius 1 is 1.14 bits per heavy atom. The Balaban J connectivity index is 1.82. The molecule has 1 aliphatic rings. The number of carbonyl (C=O) groups is 3. The maximum absolute atomic E-state index is 12.7. The lowest BCUT2D eigenvalue weighted by atomic mass is 10.2. The van der Waals surface area contributed by atoms with Gasteiger partial charge in [-0.15, -0.1) is 0 Å². The van der Waals surface area contributed by atoms with Crippen molar-refractivity contribution in [3.05, 3.63) is 65.3 Å². The second kappa shape index (κ2) is 8.58. The van der Waals surface area contributed by atoms with Crippen molar-refractivity contribution in [2.24, 2.45) is 0 Å². The van der Waals surface area contributed by atoms with Crippen LogP contribution < -0.4 is 15.5 Å². The summed E-state index contributed by atoms with van der Waals surface area (Å²) in [6.45, 7) is -0.192. The van der Waals surface area contributed by atoms with Crippen LogP contribution in [0.2, 0.25) is 5.02 Å². The third-order valence-corrected chi connectivity index (χ3v) is 4.30. The monoisotopic (exact) mass is 399 g/mol. The summed E-state index contributed by atoms with van der Waals surface area (Å²) in [6, 6.07) is 13.7. The number of methoxy groups -OCH3 is 1. The molecule has 3 rings (SSSR count). The third kappa shape index (κ3) is 4.69. The highest BCUT2D eigenvalue weighted by Crippen LogP contribution is 2.30. The number of ether oxygens (including phenoxy) is 1. The fourth-order valence-electron chi connectivity index (χ4n) is 2.73. The molecule has 0 aromatic heterocycles. The van der Waals surface area contributed by atoms with Gasteiger partial charge in [-0.2, -0.15) is 0 Å². The highest BCUT2D eigenvalue weighted by atomic mass is 35.5. The summed E-state index contributed by atoms with van der Waals surface area (Å²) in [7, 11) is 1.28. The molecule has 28 heavy (non-hydrogen) atoms. The minimum absolute atomic E-state index is 0.0820. The lowest BCUT2D eigenvalue weighted by Gasteiger charge is -2.21. The molecule has 1 heterocycles.